The number of carbonyl (C=O) groups excluding carboxylic acids is 1. The average molecular weight is 327 g/mol. The Morgan fingerprint density at radius 1 is 1.17 bits per heavy atom. The number of nitrogens with zero attached hydrogens (tertiary/aromatic N) is 3. The Bertz CT molecular complexity index is 822. The van der Waals surface area contributed by atoms with Gasteiger partial charge in [0.25, 0.3) is 0 Å². The molecule has 0 amide bonds. The first-order chi connectivity index (χ1) is 11.8. The number of nitrogens with one attached hydrogen (secondary N) is 2. The number of hydrazine groups is 1. The van der Waals surface area contributed by atoms with Gasteiger partial charge in [-0.2, -0.15) is 5.10 Å². The molecule has 0 spiro atoms. The van der Waals surface area contributed by atoms with E-state index in [4.69, 9.17) is 0 Å². The lowest BCUT2D eigenvalue weighted by atomic mass is 10.2. The lowest BCUT2D eigenvalue weighted by molar-refractivity contribution is -0.134. The molecular formula is C16H14FN5O2. The SMILES string of the molecule is O=CONNc1cc(-c2ccccn2)nn1Cc1ccccc1F. The summed E-state index contributed by atoms with van der Waals surface area (Å²) >= 11 is 0. The number of halogens is 1. The number of carbonyl (C=O) groups is 1. The van der Waals surface area contributed by atoms with E-state index in [2.05, 4.69) is 25.9 Å². The molecule has 0 radical (unpaired) electrons. The summed E-state index contributed by atoms with van der Waals surface area (Å²) in [4.78, 5) is 18.9. The highest BCUT2D eigenvalue weighted by molar-refractivity contribution is 5.59. The van der Waals surface area contributed by atoms with Crippen molar-refractivity contribution in [3.05, 3.63) is 66.1 Å². The van der Waals surface area contributed by atoms with Gasteiger partial charge >= 0.3 is 6.47 Å². The van der Waals surface area contributed by atoms with Gasteiger partial charge in [-0.25, -0.2) is 9.07 Å². The van der Waals surface area contributed by atoms with Gasteiger partial charge in [0.05, 0.1) is 12.2 Å². The average Bonchev–Trinajstić information content (AvgIpc) is 3.01. The van der Waals surface area contributed by atoms with E-state index in [0.717, 1.165) is 0 Å². The van der Waals surface area contributed by atoms with Crippen molar-refractivity contribution < 1.29 is 14.0 Å². The Labute approximate surface area is 137 Å². The first-order valence-electron chi connectivity index (χ1n) is 7.11. The number of pyridine rings is 1. The molecule has 2 heterocycles. The lowest BCUT2D eigenvalue weighted by Gasteiger charge is -2.09. The topological polar surface area (TPSA) is 81.1 Å². The zero-order valence-corrected chi connectivity index (χ0v) is 12.5. The minimum atomic E-state index is -0.324. The molecule has 0 saturated heterocycles. The number of anilines is 1. The van der Waals surface area contributed by atoms with Crippen LogP contribution in [0, 0.1) is 5.82 Å². The van der Waals surface area contributed by atoms with Gasteiger partial charge in [-0.3, -0.25) is 15.2 Å². The number of hydrogen-bond acceptors (Lipinski definition) is 6. The van der Waals surface area contributed by atoms with Crippen LogP contribution in [-0.4, -0.2) is 21.2 Å². The highest BCUT2D eigenvalue weighted by atomic mass is 19.1. The van der Waals surface area contributed by atoms with Gasteiger partial charge in [-0.15, -0.1) is 0 Å². The molecule has 0 aliphatic carbocycles. The van der Waals surface area contributed by atoms with Crippen molar-refractivity contribution in [3.63, 3.8) is 0 Å². The van der Waals surface area contributed by atoms with Crippen molar-refractivity contribution in [3.8, 4) is 11.4 Å². The summed E-state index contributed by atoms with van der Waals surface area (Å²) in [5.74, 6) is 0.163. The Balaban J connectivity index is 1.91. The summed E-state index contributed by atoms with van der Waals surface area (Å²) in [5.41, 5.74) is 6.70. The molecule has 0 unspecified atom stereocenters. The molecule has 0 bridgehead atoms. The van der Waals surface area contributed by atoms with Crippen LogP contribution in [-0.2, 0) is 16.2 Å². The third-order valence-electron chi connectivity index (χ3n) is 3.27. The van der Waals surface area contributed by atoms with Crippen molar-refractivity contribution in [2.24, 2.45) is 0 Å². The van der Waals surface area contributed by atoms with Crippen molar-refractivity contribution in [1.82, 2.24) is 20.4 Å². The van der Waals surface area contributed by atoms with Crippen LogP contribution in [0.5, 0.6) is 0 Å². The van der Waals surface area contributed by atoms with Crippen molar-refractivity contribution >= 4 is 12.3 Å². The second kappa shape index (κ2) is 7.34. The smallest absolute Gasteiger partial charge is 0.315 e. The van der Waals surface area contributed by atoms with Crippen molar-refractivity contribution in [1.29, 1.82) is 0 Å². The van der Waals surface area contributed by atoms with Gasteiger partial charge in [0.2, 0.25) is 0 Å². The minimum absolute atomic E-state index is 0.199. The zero-order chi connectivity index (χ0) is 16.8. The standard InChI is InChI=1S/C16H14FN5O2/c17-13-6-2-1-5-12(13)10-22-16(19-21-24-11-23)9-15(20-22)14-7-3-4-8-18-14/h1-9,11,19,21H,10H2. The molecule has 0 aliphatic heterocycles. The van der Waals surface area contributed by atoms with Crippen LogP contribution in [0.3, 0.4) is 0 Å². The molecular weight excluding hydrogens is 313 g/mol. The summed E-state index contributed by atoms with van der Waals surface area (Å²) in [7, 11) is 0. The van der Waals surface area contributed by atoms with Crippen molar-refractivity contribution in [2.75, 3.05) is 5.43 Å². The highest BCUT2D eigenvalue weighted by Crippen LogP contribution is 2.21. The van der Waals surface area contributed by atoms with Crippen LogP contribution < -0.4 is 11.0 Å². The predicted octanol–water partition coefficient (Wildman–Crippen LogP) is 2.14. The van der Waals surface area contributed by atoms with E-state index >= 15 is 0 Å². The second-order valence-corrected chi connectivity index (χ2v) is 4.82. The molecule has 3 aromatic rings. The van der Waals surface area contributed by atoms with Crippen LogP contribution in [0.15, 0.2) is 54.7 Å². The molecule has 7 nitrogen and oxygen atoms in total. The van der Waals surface area contributed by atoms with E-state index in [-0.39, 0.29) is 18.8 Å². The maximum absolute atomic E-state index is 13.9. The van der Waals surface area contributed by atoms with Crippen LogP contribution in [0.4, 0.5) is 10.2 Å². The number of benzene rings is 1. The van der Waals surface area contributed by atoms with E-state index in [1.54, 1.807) is 41.2 Å². The molecule has 0 fully saturated rings. The summed E-state index contributed by atoms with van der Waals surface area (Å²) < 4.78 is 15.4. The van der Waals surface area contributed by atoms with E-state index in [1.807, 2.05) is 12.1 Å². The van der Waals surface area contributed by atoms with E-state index in [0.29, 0.717) is 22.8 Å². The van der Waals surface area contributed by atoms with Crippen LogP contribution in [0.25, 0.3) is 11.4 Å². The second-order valence-electron chi connectivity index (χ2n) is 4.82. The Kier molecular flexibility index (Phi) is 4.78. The van der Waals surface area contributed by atoms with Crippen molar-refractivity contribution in [2.45, 2.75) is 6.54 Å². The minimum Gasteiger partial charge on any atom is -0.354 e. The summed E-state index contributed by atoms with van der Waals surface area (Å²) in [6.45, 7) is 0.439. The lowest BCUT2D eigenvalue weighted by Crippen LogP contribution is -2.23. The maximum Gasteiger partial charge on any atom is 0.315 e. The first kappa shape index (κ1) is 15.6. The van der Waals surface area contributed by atoms with Gasteiger partial charge in [0, 0.05) is 17.8 Å². The van der Waals surface area contributed by atoms with E-state index in [1.165, 1.54) is 6.07 Å². The fourth-order valence-electron chi connectivity index (χ4n) is 2.17. The third-order valence-corrected chi connectivity index (χ3v) is 3.27. The summed E-state index contributed by atoms with van der Waals surface area (Å²) in [5, 5.41) is 4.44. The molecule has 1 aromatic carbocycles. The van der Waals surface area contributed by atoms with Gasteiger partial charge in [0.15, 0.2) is 0 Å². The molecule has 24 heavy (non-hydrogen) atoms. The molecule has 8 heteroatoms. The maximum atomic E-state index is 13.9. The quantitative estimate of drug-likeness (QED) is 0.393. The van der Waals surface area contributed by atoms with Crippen LogP contribution in [0.2, 0.25) is 0 Å². The highest BCUT2D eigenvalue weighted by Gasteiger charge is 2.12. The Hall–Kier alpha value is -3.26. The van der Waals surface area contributed by atoms with Gasteiger partial charge in [-0.05, 0) is 18.2 Å². The van der Waals surface area contributed by atoms with Gasteiger partial charge in [0.1, 0.15) is 17.3 Å². The number of aromatic nitrogens is 3. The molecule has 0 aliphatic rings. The zero-order valence-electron chi connectivity index (χ0n) is 12.5. The summed E-state index contributed by atoms with van der Waals surface area (Å²) in [6.07, 6.45) is 1.66. The summed E-state index contributed by atoms with van der Waals surface area (Å²) in [6, 6.07) is 13.6. The number of rotatable bonds is 7. The largest absolute Gasteiger partial charge is 0.354 e. The van der Waals surface area contributed by atoms with Crippen LogP contribution >= 0.6 is 0 Å². The first-order valence-corrected chi connectivity index (χ1v) is 7.11. The third kappa shape index (κ3) is 3.55. The molecule has 122 valence electrons. The predicted molar refractivity (Wildman–Crippen MR) is 84.9 cm³/mol. The molecule has 2 N–H and O–H groups in total. The molecule has 0 saturated carbocycles. The Morgan fingerprint density at radius 2 is 2.00 bits per heavy atom. The van der Waals surface area contributed by atoms with E-state index < -0.39 is 0 Å². The molecule has 2 aromatic heterocycles. The molecule has 3 rings (SSSR count). The monoisotopic (exact) mass is 327 g/mol. The van der Waals surface area contributed by atoms with Gasteiger partial charge in [-0.1, -0.05) is 29.9 Å². The number of hydrogen-bond donors (Lipinski definition) is 2. The fraction of sp³-hybridized carbons (Fsp3) is 0.0625. The normalized spacial score (nSPS) is 10.4. The fourth-order valence-corrected chi connectivity index (χ4v) is 2.17. The van der Waals surface area contributed by atoms with E-state index in [9.17, 15) is 9.18 Å². The van der Waals surface area contributed by atoms with Crippen LogP contribution in [0.1, 0.15) is 5.56 Å². The Morgan fingerprint density at radius 3 is 2.75 bits per heavy atom. The molecule has 0 atom stereocenters. The van der Waals surface area contributed by atoms with Gasteiger partial charge < -0.3 is 4.84 Å².